The Morgan fingerprint density at radius 1 is 0.450 bits per heavy atom. The van der Waals surface area contributed by atoms with Crippen LogP contribution < -0.4 is 67.3 Å². The van der Waals surface area contributed by atoms with E-state index in [-0.39, 0.29) is 52.8 Å². The molecule has 3 aromatic rings. The number of rotatable bonds is 3. The van der Waals surface area contributed by atoms with Crippen LogP contribution in [-0.2, 0) is 0 Å². The van der Waals surface area contributed by atoms with Crippen molar-refractivity contribution >= 4 is 23.8 Å². The van der Waals surface area contributed by atoms with Crippen molar-refractivity contribution in [3.05, 3.63) is 91.0 Å². The molecular formula is C18H16KP. The summed E-state index contributed by atoms with van der Waals surface area (Å²) >= 11 is 0. The van der Waals surface area contributed by atoms with E-state index in [2.05, 4.69) is 91.0 Å². The van der Waals surface area contributed by atoms with E-state index >= 15 is 0 Å². The zero-order valence-electron chi connectivity index (χ0n) is 12.6. The van der Waals surface area contributed by atoms with Crippen LogP contribution in [0.4, 0.5) is 0 Å². The molecule has 2 heteroatoms. The molecule has 0 bridgehead atoms. The molecule has 20 heavy (non-hydrogen) atoms. The molecule has 0 nitrogen and oxygen atoms in total. The number of benzene rings is 3. The average molecular weight is 302 g/mol. The summed E-state index contributed by atoms with van der Waals surface area (Å²) in [6, 6.07) is 32.3. The molecule has 0 heterocycles. The molecule has 94 valence electrons. The van der Waals surface area contributed by atoms with Gasteiger partial charge in [-0.25, -0.2) is 0 Å². The Morgan fingerprint density at radius 3 is 0.950 bits per heavy atom. The fourth-order valence-electron chi connectivity index (χ4n) is 2.18. The second kappa shape index (κ2) is 8.24. The number of hydrogen-bond acceptors (Lipinski definition) is 0. The first-order chi connectivity index (χ1) is 9.45. The summed E-state index contributed by atoms with van der Waals surface area (Å²) in [5.41, 5.74) is 0. The van der Waals surface area contributed by atoms with Crippen molar-refractivity contribution in [1.29, 1.82) is 0 Å². The molecule has 0 saturated heterocycles. The first kappa shape index (κ1) is 16.1. The third kappa shape index (κ3) is 3.89. The largest absolute Gasteiger partial charge is 1.00 e. The van der Waals surface area contributed by atoms with Gasteiger partial charge in [-0.3, -0.25) is 0 Å². The van der Waals surface area contributed by atoms with Crippen molar-refractivity contribution in [3.63, 3.8) is 0 Å². The van der Waals surface area contributed by atoms with Crippen molar-refractivity contribution in [3.8, 4) is 0 Å². The van der Waals surface area contributed by atoms with Gasteiger partial charge in [0.15, 0.2) is 0 Å². The molecule has 0 atom stereocenters. The van der Waals surface area contributed by atoms with Gasteiger partial charge in [-0.1, -0.05) is 91.0 Å². The molecule has 0 saturated carbocycles. The Labute approximate surface area is 165 Å². The van der Waals surface area contributed by atoms with Crippen molar-refractivity contribution in [2.75, 3.05) is 0 Å². The molecule has 0 aliphatic rings. The van der Waals surface area contributed by atoms with Gasteiger partial charge in [0.1, 0.15) is 0 Å². The van der Waals surface area contributed by atoms with E-state index in [0.29, 0.717) is 0 Å². The van der Waals surface area contributed by atoms with Crippen LogP contribution in [-0.4, -0.2) is 0 Å². The minimum atomic E-state index is -0.446. The maximum absolute atomic E-state index is 2.23. The maximum atomic E-state index is 2.23. The third-order valence-electron chi connectivity index (χ3n) is 3.04. The predicted octanol–water partition coefficient (Wildman–Crippen LogP) is 0.561. The molecule has 0 aliphatic carbocycles. The van der Waals surface area contributed by atoms with E-state index in [1.54, 1.807) is 0 Å². The van der Waals surface area contributed by atoms with Crippen molar-refractivity contribution < 1.29 is 52.8 Å². The van der Waals surface area contributed by atoms with Crippen LogP contribution in [0, 0.1) is 0 Å². The second-order valence-electron chi connectivity index (χ2n) is 4.34. The van der Waals surface area contributed by atoms with Gasteiger partial charge in [-0.2, -0.15) is 0 Å². The molecule has 0 unspecified atom stereocenters. The van der Waals surface area contributed by atoms with Crippen LogP contribution >= 0.6 is 7.92 Å². The fraction of sp³-hybridized carbons (Fsp3) is 0. The van der Waals surface area contributed by atoms with Gasteiger partial charge in [0, 0.05) is 0 Å². The predicted molar refractivity (Wildman–Crippen MR) is 86.3 cm³/mol. The van der Waals surface area contributed by atoms with Crippen molar-refractivity contribution in [2.24, 2.45) is 0 Å². The third-order valence-corrected chi connectivity index (χ3v) is 5.49. The minimum absolute atomic E-state index is 0. The van der Waals surface area contributed by atoms with E-state index in [9.17, 15) is 0 Å². The van der Waals surface area contributed by atoms with Crippen LogP contribution in [0.1, 0.15) is 1.43 Å². The summed E-state index contributed by atoms with van der Waals surface area (Å²) in [4.78, 5) is 0. The molecule has 0 spiro atoms. The number of hydrogen-bond donors (Lipinski definition) is 0. The zero-order chi connectivity index (χ0) is 12.9. The van der Waals surface area contributed by atoms with Crippen molar-refractivity contribution in [2.45, 2.75) is 0 Å². The Kier molecular flexibility index (Phi) is 6.63. The van der Waals surface area contributed by atoms with Crippen molar-refractivity contribution in [1.82, 2.24) is 0 Å². The molecule has 0 amide bonds. The normalized spacial score (nSPS) is 10.1. The molecule has 0 aliphatic heterocycles. The second-order valence-corrected chi connectivity index (χ2v) is 6.56. The quantitative estimate of drug-likeness (QED) is 0.490. The fourth-order valence-corrected chi connectivity index (χ4v) is 4.48. The summed E-state index contributed by atoms with van der Waals surface area (Å²) in [7, 11) is -0.446. The standard InChI is InChI=1S/C18H15P.K.H/c1-4-10-16(11-5-1)19(17-12-6-2-7-13-17)18-14-8-3-9-15-18;;/h1-15H;;/q;+1;-1. The molecule has 0 fully saturated rings. The van der Waals surface area contributed by atoms with E-state index < -0.39 is 7.92 Å². The van der Waals surface area contributed by atoms with Crippen LogP contribution in [0.25, 0.3) is 0 Å². The van der Waals surface area contributed by atoms with E-state index in [1.807, 2.05) is 0 Å². The van der Waals surface area contributed by atoms with Crippen LogP contribution in [0.5, 0.6) is 0 Å². The van der Waals surface area contributed by atoms with E-state index in [0.717, 1.165) is 0 Å². The average Bonchev–Trinajstić information content (AvgIpc) is 2.51. The van der Waals surface area contributed by atoms with Gasteiger partial charge < -0.3 is 1.43 Å². The van der Waals surface area contributed by atoms with Gasteiger partial charge >= 0.3 is 51.4 Å². The van der Waals surface area contributed by atoms with Gasteiger partial charge in [-0.15, -0.1) is 0 Å². The maximum Gasteiger partial charge on any atom is 1.00 e. The van der Waals surface area contributed by atoms with Gasteiger partial charge in [0.2, 0.25) is 0 Å². The summed E-state index contributed by atoms with van der Waals surface area (Å²) in [6.45, 7) is 0. The van der Waals surface area contributed by atoms with Crippen LogP contribution in [0.15, 0.2) is 91.0 Å². The smallest absolute Gasteiger partial charge is 1.00 e. The first-order valence-corrected chi connectivity index (χ1v) is 7.74. The molecule has 0 N–H and O–H groups in total. The zero-order valence-corrected chi connectivity index (χ0v) is 15.6. The molecule has 3 aromatic carbocycles. The monoisotopic (exact) mass is 302 g/mol. The molecular weight excluding hydrogens is 286 g/mol. The summed E-state index contributed by atoms with van der Waals surface area (Å²) in [6.07, 6.45) is 0. The first-order valence-electron chi connectivity index (χ1n) is 6.40. The molecule has 0 radical (unpaired) electrons. The summed E-state index contributed by atoms with van der Waals surface area (Å²) in [5, 5.41) is 4.19. The Balaban J connectivity index is 0.00000110. The molecule has 0 aromatic heterocycles. The summed E-state index contributed by atoms with van der Waals surface area (Å²) in [5.74, 6) is 0. The van der Waals surface area contributed by atoms with E-state index in [1.165, 1.54) is 15.9 Å². The SMILES string of the molecule is [H-].[K+].c1ccc(P(c2ccccc2)c2ccccc2)cc1. The topological polar surface area (TPSA) is 0 Å². The Hall–Kier alpha value is -0.274. The Bertz CT molecular complexity index is 535. The Morgan fingerprint density at radius 2 is 0.700 bits per heavy atom. The summed E-state index contributed by atoms with van der Waals surface area (Å²) < 4.78 is 0. The molecule has 3 rings (SSSR count). The van der Waals surface area contributed by atoms with E-state index in [4.69, 9.17) is 0 Å². The van der Waals surface area contributed by atoms with Gasteiger partial charge in [0.05, 0.1) is 0 Å². The minimum Gasteiger partial charge on any atom is -1.00 e. The van der Waals surface area contributed by atoms with Gasteiger partial charge in [0.25, 0.3) is 0 Å². The van der Waals surface area contributed by atoms with Crippen LogP contribution in [0.2, 0.25) is 0 Å². The van der Waals surface area contributed by atoms with Crippen LogP contribution in [0.3, 0.4) is 0 Å². The van der Waals surface area contributed by atoms with Gasteiger partial charge in [-0.05, 0) is 23.8 Å².